The molecule has 0 saturated carbocycles. The second-order valence-electron chi connectivity index (χ2n) is 6.41. The Kier molecular flexibility index (Phi) is 6.09. The van der Waals surface area contributed by atoms with Gasteiger partial charge in [-0.15, -0.1) is 0 Å². The van der Waals surface area contributed by atoms with E-state index in [1.54, 1.807) is 18.0 Å². The summed E-state index contributed by atoms with van der Waals surface area (Å²) in [6.45, 7) is 0. The molecule has 4 nitrogen and oxygen atoms in total. The fraction of sp³-hybridized carbons (Fsp3) is 0.130. The molecular weight excluding hydrogens is 396 g/mol. The smallest absolute Gasteiger partial charge is 0.168 e. The first kappa shape index (κ1) is 19.4. The third-order valence-corrected chi connectivity index (χ3v) is 5.69. The second kappa shape index (κ2) is 9.08. The van der Waals surface area contributed by atoms with Crippen molar-refractivity contribution in [2.75, 3.05) is 5.75 Å². The van der Waals surface area contributed by atoms with Crippen molar-refractivity contribution in [2.24, 2.45) is 7.05 Å². The monoisotopic (exact) mass is 416 g/mol. The van der Waals surface area contributed by atoms with Crippen LogP contribution in [0.5, 0.6) is 0 Å². The number of nitrogens with zero attached hydrogens (tertiary/aromatic N) is 3. The van der Waals surface area contributed by atoms with E-state index in [0.29, 0.717) is 5.75 Å². The fourth-order valence-electron chi connectivity index (χ4n) is 2.94. The summed E-state index contributed by atoms with van der Waals surface area (Å²) in [6.07, 6.45) is 3.71. The van der Waals surface area contributed by atoms with Gasteiger partial charge in [-0.25, -0.2) is 9.97 Å². The van der Waals surface area contributed by atoms with Crippen LogP contribution in [0.1, 0.15) is 11.1 Å². The molecule has 1 unspecified atom stereocenters. The maximum atomic E-state index is 4.84. The first-order valence-electron chi connectivity index (χ1n) is 9.19. The number of H-pyrrole nitrogens is 1. The van der Waals surface area contributed by atoms with Gasteiger partial charge in [0.1, 0.15) is 11.1 Å². The van der Waals surface area contributed by atoms with E-state index < -0.39 is 0 Å². The summed E-state index contributed by atoms with van der Waals surface area (Å²) < 4.78 is 1.98. The van der Waals surface area contributed by atoms with Crippen molar-refractivity contribution in [3.8, 4) is 34.4 Å². The van der Waals surface area contributed by atoms with Gasteiger partial charge in [0.15, 0.2) is 5.16 Å². The Morgan fingerprint density at radius 2 is 1.76 bits per heavy atom. The molecule has 29 heavy (non-hydrogen) atoms. The Morgan fingerprint density at radius 1 is 1.07 bits per heavy atom. The molecule has 2 heterocycles. The number of aromatic amines is 1. The molecule has 0 spiro atoms. The largest absolute Gasteiger partial charge is 0.340 e. The summed E-state index contributed by atoms with van der Waals surface area (Å²) in [5.74, 6) is 7.77. The quantitative estimate of drug-likeness (QED) is 0.266. The Morgan fingerprint density at radius 3 is 2.41 bits per heavy atom. The summed E-state index contributed by atoms with van der Waals surface area (Å²) in [5.41, 5.74) is 4.04. The Balaban J connectivity index is 1.58. The Hall–Kier alpha value is -2.88. The lowest BCUT2D eigenvalue weighted by molar-refractivity contribution is 0.791. The lowest BCUT2D eigenvalue weighted by Crippen LogP contribution is -1.91. The van der Waals surface area contributed by atoms with Crippen molar-refractivity contribution in [3.05, 3.63) is 78.9 Å². The predicted molar refractivity (Wildman–Crippen MR) is 123 cm³/mol. The molecule has 0 fully saturated rings. The fourth-order valence-corrected chi connectivity index (χ4v) is 3.84. The average Bonchev–Trinajstić information content (AvgIpc) is 3.39. The standard InChI is InChI=1S/C23H20N4S2/c1-27-15-14-24-23(27)29-16-8-13-19(28)22-25-20(17-9-4-2-5-10-17)21(26-22)18-11-6-3-7-12-18/h2-7,9-12,14-15,19,28H,16H2,1H3,(H,25,26). The SMILES string of the molecule is Cn1ccnc1SCC#CC(S)c1nc(-c2ccccc2)c(-c2ccccc2)[nH]1. The molecule has 0 bridgehead atoms. The normalized spacial score (nSPS) is 11.7. The Labute approximate surface area is 180 Å². The van der Waals surface area contributed by atoms with Crippen molar-refractivity contribution in [3.63, 3.8) is 0 Å². The number of imidazole rings is 2. The molecule has 1 N–H and O–H groups in total. The molecule has 4 rings (SSSR count). The first-order chi connectivity index (χ1) is 14.2. The zero-order valence-corrected chi connectivity index (χ0v) is 17.6. The van der Waals surface area contributed by atoms with Gasteiger partial charge in [0.05, 0.1) is 17.1 Å². The number of nitrogens with one attached hydrogen (secondary N) is 1. The topological polar surface area (TPSA) is 46.5 Å². The van der Waals surface area contributed by atoms with Gasteiger partial charge in [-0.1, -0.05) is 84.3 Å². The van der Waals surface area contributed by atoms with Crippen molar-refractivity contribution < 1.29 is 0 Å². The van der Waals surface area contributed by atoms with Gasteiger partial charge in [0.25, 0.3) is 0 Å². The van der Waals surface area contributed by atoms with Gasteiger partial charge in [0.2, 0.25) is 0 Å². The van der Waals surface area contributed by atoms with Crippen LogP contribution < -0.4 is 0 Å². The molecule has 2 aromatic heterocycles. The van der Waals surface area contributed by atoms with E-state index in [1.165, 1.54) is 0 Å². The molecule has 0 amide bonds. The van der Waals surface area contributed by atoms with Gasteiger partial charge < -0.3 is 9.55 Å². The predicted octanol–water partition coefficient (Wildman–Crippen LogP) is 5.24. The molecule has 0 saturated heterocycles. The summed E-state index contributed by atoms with van der Waals surface area (Å²) >= 11 is 6.28. The van der Waals surface area contributed by atoms with E-state index in [1.807, 2.05) is 54.2 Å². The third kappa shape index (κ3) is 4.58. The average molecular weight is 417 g/mol. The van der Waals surface area contributed by atoms with Crippen LogP contribution in [0.15, 0.2) is 78.2 Å². The number of aromatic nitrogens is 4. The molecule has 4 aromatic rings. The Bertz CT molecular complexity index is 1080. The number of rotatable bonds is 5. The zero-order chi connectivity index (χ0) is 20.1. The van der Waals surface area contributed by atoms with Crippen LogP contribution in [-0.2, 0) is 7.05 Å². The van der Waals surface area contributed by atoms with E-state index >= 15 is 0 Å². The number of thiol groups is 1. The number of benzene rings is 2. The van der Waals surface area contributed by atoms with Crippen LogP contribution in [0.25, 0.3) is 22.5 Å². The van der Waals surface area contributed by atoms with Crippen LogP contribution in [0.3, 0.4) is 0 Å². The maximum absolute atomic E-state index is 4.84. The molecule has 1 atom stereocenters. The highest BCUT2D eigenvalue weighted by Gasteiger charge is 2.17. The van der Waals surface area contributed by atoms with Crippen molar-refractivity contribution in [1.29, 1.82) is 0 Å². The third-order valence-electron chi connectivity index (χ3n) is 4.38. The van der Waals surface area contributed by atoms with E-state index in [0.717, 1.165) is 33.5 Å². The molecule has 0 radical (unpaired) electrons. The van der Waals surface area contributed by atoms with Crippen molar-refractivity contribution >= 4 is 24.4 Å². The molecular formula is C23H20N4S2. The molecule has 2 aromatic carbocycles. The highest BCUT2D eigenvalue weighted by molar-refractivity contribution is 7.99. The van der Waals surface area contributed by atoms with Crippen LogP contribution in [-0.4, -0.2) is 25.3 Å². The van der Waals surface area contributed by atoms with Crippen LogP contribution in [0, 0.1) is 11.8 Å². The zero-order valence-electron chi connectivity index (χ0n) is 15.9. The van der Waals surface area contributed by atoms with Crippen LogP contribution >= 0.6 is 24.4 Å². The second-order valence-corrected chi connectivity index (χ2v) is 7.87. The lowest BCUT2D eigenvalue weighted by atomic mass is 10.1. The number of hydrogen-bond donors (Lipinski definition) is 2. The maximum Gasteiger partial charge on any atom is 0.168 e. The molecule has 0 aliphatic rings. The molecule has 6 heteroatoms. The van der Waals surface area contributed by atoms with E-state index in [9.17, 15) is 0 Å². The summed E-state index contributed by atoms with van der Waals surface area (Å²) in [6, 6.07) is 20.4. The van der Waals surface area contributed by atoms with E-state index in [2.05, 4.69) is 58.7 Å². The van der Waals surface area contributed by atoms with E-state index in [4.69, 9.17) is 4.98 Å². The van der Waals surface area contributed by atoms with Gasteiger partial charge in [-0.3, -0.25) is 0 Å². The van der Waals surface area contributed by atoms with Crippen LogP contribution in [0.2, 0.25) is 0 Å². The summed E-state index contributed by atoms with van der Waals surface area (Å²) in [4.78, 5) is 12.6. The lowest BCUT2D eigenvalue weighted by Gasteiger charge is -2.02. The van der Waals surface area contributed by atoms with Gasteiger partial charge in [-0.05, 0) is 0 Å². The minimum Gasteiger partial charge on any atom is -0.340 e. The van der Waals surface area contributed by atoms with Crippen molar-refractivity contribution in [1.82, 2.24) is 19.5 Å². The number of aryl methyl sites for hydroxylation is 1. The van der Waals surface area contributed by atoms with Gasteiger partial charge >= 0.3 is 0 Å². The van der Waals surface area contributed by atoms with Gasteiger partial charge in [0, 0.05) is 30.6 Å². The summed E-state index contributed by atoms with van der Waals surface area (Å²) in [7, 11) is 1.98. The van der Waals surface area contributed by atoms with Gasteiger partial charge in [-0.2, -0.15) is 12.6 Å². The highest BCUT2D eigenvalue weighted by Crippen LogP contribution is 2.32. The molecule has 0 aliphatic heterocycles. The van der Waals surface area contributed by atoms with Crippen molar-refractivity contribution in [2.45, 2.75) is 10.4 Å². The summed E-state index contributed by atoms with van der Waals surface area (Å²) in [5, 5.41) is 0.655. The van der Waals surface area contributed by atoms with E-state index in [-0.39, 0.29) is 5.25 Å². The number of thioether (sulfide) groups is 1. The number of hydrogen-bond acceptors (Lipinski definition) is 4. The molecule has 0 aliphatic carbocycles. The first-order valence-corrected chi connectivity index (χ1v) is 10.7. The molecule has 144 valence electrons. The minimum absolute atomic E-state index is 0.295. The highest BCUT2D eigenvalue weighted by atomic mass is 32.2. The minimum atomic E-state index is -0.295. The van der Waals surface area contributed by atoms with Crippen LogP contribution in [0.4, 0.5) is 0 Å².